The molecule has 0 atom stereocenters. The number of hydrogen-bond acceptors (Lipinski definition) is 6. The Hall–Kier alpha value is -2.71. The molecule has 1 aromatic heterocycles. The molecule has 5 rings (SSSR count). The highest BCUT2D eigenvalue weighted by molar-refractivity contribution is 5.95. The van der Waals surface area contributed by atoms with Gasteiger partial charge in [0.25, 0.3) is 11.5 Å². The molecule has 3 N–H and O–H groups in total. The molecule has 8 heteroatoms. The lowest BCUT2D eigenvalue weighted by atomic mass is 9.74. The molecule has 3 heterocycles. The Labute approximate surface area is 194 Å². The van der Waals surface area contributed by atoms with Crippen molar-refractivity contribution in [2.45, 2.75) is 43.9 Å². The van der Waals surface area contributed by atoms with Crippen LogP contribution in [-0.2, 0) is 18.3 Å². The van der Waals surface area contributed by atoms with Crippen LogP contribution >= 0.6 is 0 Å². The van der Waals surface area contributed by atoms with Crippen molar-refractivity contribution in [1.29, 1.82) is 0 Å². The molecule has 2 aromatic rings. The Morgan fingerprint density at radius 1 is 1.21 bits per heavy atom. The first-order valence-corrected chi connectivity index (χ1v) is 12.1. The van der Waals surface area contributed by atoms with Gasteiger partial charge < -0.3 is 20.4 Å². The fourth-order valence-electron chi connectivity index (χ4n) is 5.55. The van der Waals surface area contributed by atoms with Crippen LogP contribution in [0, 0.1) is 0 Å². The molecule has 1 aromatic carbocycles. The van der Waals surface area contributed by atoms with Crippen molar-refractivity contribution in [2.75, 3.05) is 51.7 Å². The predicted octanol–water partition coefficient (Wildman–Crippen LogP) is 1.71. The van der Waals surface area contributed by atoms with E-state index in [1.165, 1.54) is 5.56 Å². The van der Waals surface area contributed by atoms with E-state index in [0.29, 0.717) is 18.1 Å². The van der Waals surface area contributed by atoms with Crippen molar-refractivity contribution in [1.82, 2.24) is 25.5 Å². The van der Waals surface area contributed by atoms with Gasteiger partial charge in [0.15, 0.2) is 0 Å². The van der Waals surface area contributed by atoms with E-state index in [4.69, 9.17) is 4.98 Å². The zero-order chi connectivity index (χ0) is 23.0. The van der Waals surface area contributed by atoms with E-state index < -0.39 is 0 Å². The van der Waals surface area contributed by atoms with Gasteiger partial charge in [0, 0.05) is 41.9 Å². The van der Waals surface area contributed by atoms with Gasteiger partial charge in [-0.2, -0.15) is 0 Å². The van der Waals surface area contributed by atoms with E-state index in [2.05, 4.69) is 31.5 Å². The van der Waals surface area contributed by atoms with E-state index in [9.17, 15) is 9.59 Å². The fourth-order valence-corrected chi connectivity index (χ4v) is 5.55. The normalized spacial score (nSPS) is 18.9. The maximum Gasteiger partial charge on any atom is 0.255 e. The number of anilines is 2. The summed E-state index contributed by atoms with van der Waals surface area (Å²) in [6.07, 6.45) is 5.82. The van der Waals surface area contributed by atoms with E-state index >= 15 is 0 Å². The third-order valence-electron chi connectivity index (χ3n) is 7.42. The highest BCUT2D eigenvalue weighted by Gasteiger charge is 2.45. The minimum atomic E-state index is -0.0466. The lowest BCUT2D eigenvalue weighted by molar-refractivity contribution is 0.0951. The number of nitrogens with one attached hydrogen (secondary N) is 3. The van der Waals surface area contributed by atoms with E-state index in [-0.39, 0.29) is 16.9 Å². The van der Waals surface area contributed by atoms with Crippen molar-refractivity contribution in [3.63, 3.8) is 0 Å². The first-order chi connectivity index (χ1) is 16.0. The quantitative estimate of drug-likeness (QED) is 0.642. The molecule has 1 saturated heterocycles. The van der Waals surface area contributed by atoms with Crippen molar-refractivity contribution < 1.29 is 4.79 Å². The topological polar surface area (TPSA) is 93.4 Å². The second kappa shape index (κ2) is 8.91. The summed E-state index contributed by atoms with van der Waals surface area (Å²) in [4.78, 5) is 37.9. The van der Waals surface area contributed by atoms with Crippen LogP contribution in [0.5, 0.6) is 0 Å². The smallest absolute Gasteiger partial charge is 0.255 e. The number of carbonyl (C=O) groups is 1. The molecule has 2 aliphatic heterocycles. The largest absolute Gasteiger partial charge is 0.351 e. The SMILES string of the molecule is CN(C)CCNC(=O)c1ccc2c(c1)C1(CCNCC1)CN2c1nc2c(c(=O)[nH]1)CCCC2. The maximum atomic E-state index is 12.8. The lowest BCUT2D eigenvalue weighted by Crippen LogP contribution is -2.43. The Morgan fingerprint density at radius 2 is 2.00 bits per heavy atom. The van der Waals surface area contributed by atoms with Crippen molar-refractivity contribution in [3.05, 3.63) is 50.9 Å². The van der Waals surface area contributed by atoms with Gasteiger partial charge >= 0.3 is 0 Å². The summed E-state index contributed by atoms with van der Waals surface area (Å²) in [6, 6.07) is 6.00. The number of H-pyrrole nitrogens is 1. The highest BCUT2D eigenvalue weighted by atomic mass is 16.1. The number of aryl methyl sites for hydroxylation is 1. The van der Waals surface area contributed by atoms with Crippen LogP contribution in [0.1, 0.15) is 52.9 Å². The molecule has 8 nitrogen and oxygen atoms in total. The van der Waals surface area contributed by atoms with Gasteiger partial charge in [0.05, 0.1) is 5.69 Å². The summed E-state index contributed by atoms with van der Waals surface area (Å²) in [5.74, 6) is 0.600. The number of aromatic amines is 1. The molecule has 176 valence electrons. The molecule has 0 radical (unpaired) electrons. The van der Waals surface area contributed by atoms with Gasteiger partial charge in [0.1, 0.15) is 0 Å². The molecule has 33 heavy (non-hydrogen) atoms. The minimum Gasteiger partial charge on any atom is -0.351 e. The third-order valence-corrected chi connectivity index (χ3v) is 7.42. The Morgan fingerprint density at radius 3 is 2.79 bits per heavy atom. The third kappa shape index (κ3) is 4.17. The van der Waals surface area contributed by atoms with Gasteiger partial charge in [0.2, 0.25) is 5.95 Å². The number of likely N-dealkylation sites (N-methyl/N-ethyl adjacent to an activating group) is 1. The van der Waals surface area contributed by atoms with Gasteiger partial charge in [-0.05, 0) is 89.5 Å². The zero-order valence-electron chi connectivity index (χ0n) is 19.7. The fraction of sp³-hybridized carbons (Fsp3) is 0.560. The van der Waals surface area contributed by atoms with Gasteiger partial charge in [-0.1, -0.05) is 0 Å². The average molecular weight is 451 g/mol. The summed E-state index contributed by atoms with van der Waals surface area (Å²) < 4.78 is 0. The Balaban J connectivity index is 1.50. The van der Waals surface area contributed by atoms with E-state index in [0.717, 1.165) is 81.6 Å². The average Bonchev–Trinajstić information content (AvgIpc) is 3.12. The van der Waals surface area contributed by atoms with Crippen LogP contribution in [0.3, 0.4) is 0 Å². The summed E-state index contributed by atoms with van der Waals surface area (Å²) in [7, 11) is 3.99. The van der Waals surface area contributed by atoms with Gasteiger partial charge in [-0.15, -0.1) is 0 Å². The molecule has 0 bridgehead atoms. The standard InChI is InChI=1S/C25H34N6O2/c1-30(2)14-13-27-22(32)17-7-8-21-19(15-17)25(9-11-26-12-10-25)16-31(21)24-28-20-6-4-3-5-18(20)23(33)29-24/h7-8,15,26H,3-6,9-14,16H2,1-2H3,(H,27,32)(H,28,29,33). The number of fused-ring (bicyclic) bond motifs is 3. The molecular weight excluding hydrogens is 416 g/mol. The number of piperidine rings is 1. The highest BCUT2D eigenvalue weighted by Crippen LogP contribution is 2.48. The zero-order valence-corrected chi connectivity index (χ0v) is 19.7. The second-order valence-electron chi connectivity index (χ2n) is 9.93. The Bertz CT molecular complexity index is 1100. The number of rotatable bonds is 5. The molecule has 1 spiro atoms. The summed E-state index contributed by atoms with van der Waals surface area (Å²) in [6.45, 7) is 4.08. The first kappa shape index (κ1) is 22.1. The number of amides is 1. The van der Waals surface area contributed by atoms with Crippen LogP contribution < -0.4 is 21.1 Å². The molecule has 0 unspecified atom stereocenters. The molecular formula is C25H34N6O2. The van der Waals surface area contributed by atoms with Crippen LogP contribution in [0.15, 0.2) is 23.0 Å². The minimum absolute atomic E-state index is 0.000555. The molecule has 3 aliphatic rings. The predicted molar refractivity (Wildman–Crippen MR) is 130 cm³/mol. The lowest BCUT2D eigenvalue weighted by Gasteiger charge is -2.35. The van der Waals surface area contributed by atoms with E-state index in [1.807, 2.05) is 26.2 Å². The maximum absolute atomic E-state index is 12.8. The summed E-state index contributed by atoms with van der Waals surface area (Å²) in [5, 5.41) is 6.50. The molecule has 1 fully saturated rings. The number of hydrogen-bond donors (Lipinski definition) is 3. The molecule has 1 aliphatic carbocycles. The van der Waals surface area contributed by atoms with Crippen LogP contribution in [0.25, 0.3) is 0 Å². The van der Waals surface area contributed by atoms with Gasteiger partial charge in [-0.25, -0.2) is 4.98 Å². The second-order valence-corrected chi connectivity index (χ2v) is 9.93. The monoisotopic (exact) mass is 450 g/mol. The van der Waals surface area contributed by atoms with Crippen LogP contribution in [-0.4, -0.2) is 67.6 Å². The van der Waals surface area contributed by atoms with Crippen molar-refractivity contribution in [3.8, 4) is 0 Å². The number of aromatic nitrogens is 2. The molecule has 0 saturated carbocycles. The van der Waals surface area contributed by atoms with E-state index in [1.54, 1.807) is 0 Å². The number of benzene rings is 1. The molecule has 1 amide bonds. The number of carbonyl (C=O) groups excluding carboxylic acids is 1. The number of nitrogens with zero attached hydrogens (tertiary/aromatic N) is 3. The first-order valence-electron chi connectivity index (χ1n) is 12.1. The summed E-state index contributed by atoms with van der Waals surface area (Å²) in [5.41, 5.74) is 4.70. The van der Waals surface area contributed by atoms with Crippen LogP contribution in [0.4, 0.5) is 11.6 Å². The van der Waals surface area contributed by atoms with Crippen molar-refractivity contribution >= 4 is 17.5 Å². The van der Waals surface area contributed by atoms with Crippen molar-refractivity contribution in [2.24, 2.45) is 0 Å². The Kier molecular flexibility index (Phi) is 5.97. The summed E-state index contributed by atoms with van der Waals surface area (Å²) >= 11 is 0. The van der Waals surface area contributed by atoms with Gasteiger partial charge in [-0.3, -0.25) is 14.6 Å². The van der Waals surface area contributed by atoms with Crippen LogP contribution in [0.2, 0.25) is 0 Å².